The lowest BCUT2D eigenvalue weighted by Crippen LogP contribution is -2.37. The molecule has 0 heterocycles. The molecule has 0 amide bonds. The van der Waals surface area contributed by atoms with Crippen molar-refractivity contribution in [1.82, 2.24) is 0 Å². The molecular weight excluding hydrogens is 164 g/mol. The van der Waals surface area contributed by atoms with Gasteiger partial charge in [0.1, 0.15) is 0 Å². The predicted octanol–water partition coefficient (Wildman–Crippen LogP) is 3.03. The van der Waals surface area contributed by atoms with E-state index in [-0.39, 0.29) is 0 Å². The summed E-state index contributed by atoms with van der Waals surface area (Å²) in [4.78, 5) is 0. The number of hydrogen-bond donors (Lipinski definition) is 0. The minimum Gasteiger partial charge on any atom is -0.414 e. The highest BCUT2D eigenvalue weighted by molar-refractivity contribution is 6.69. The Hall–Kier alpha value is 0.177. The van der Waals surface area contributed by atoms with Crippen molar-refractivity contribution >= 4 is 8.32 Å². The highest BCUT2D eigenvalue weighted by Crippen LogP contribution is 2.48. The summed E-state index contributed by atoms with van der Waals surface area (Å²) in [6.07, 6.45) is 6.37. The maximum atomic E-state index is 6.17. The van der Waals surface area contributed by atoms with E-state index in [0.29, 0.717) is 6.10 Å². The Bertz CT molecular complexity index is 173. The van der Waals surface area contributed by atoms with Gasteiger partial charge < -0.3 is 4.43 Å². The van der Waals surface area contributed by atoms with E-state index in [1.54, 1.807) is 0 Å². The molecule has 2 aliphatic rings. The van der Waals surface area contributed by atoms with Crippen molar-refractivity contribution < 1.29 is 4.43 Å². The topological polar surface area (TPSA) is 9.23 Å². The fraction of sp³-hybridized carbons (Fsp3) is 1.00. The van der Waals surface area contributed by atoms with Gasteiger partial charge >= 0.3 is 0 Å². The number of hydrogen-bond acceptors (Lipinski definition) is 1. The molecule has 0 spiro atoms. The predicted molar refractivity (Wildman–Crippen MR) is 53.7 cm³/mol. The van der Waals surface area contributed by atoms with Gasteiger partial charge in [-0.25, -0.2) is 0 Å². The van der Waals surface area contributed by atoms with Crippen LogP contribution in [-0.4, -0.2) is 14.4 Å². The molecule has 0 aromatic carbocycles. The van der Waals surface area contributed by atoms with Crippen molar-refractivity contribution in [2.75, 3.05) is 0 Å². The fourth-order valence-corrected chi connectivity index (χ4v) is 3.84. The van der Waals surface area contributed by atoms with E-state index in [2.05, 4.69) is 19.6 Å². The van der Waals surface area contributed by atoms with Crippen LogP contribution < -0.4 is 0 Å². The Kier molecular flexibility index (Phi) is 2.08. The summed E-state index contributed by atoms with van der Waals surface area (Å²) in [5.74, 6) is 2.00. The third-order valence-electron chi connectivity index (χ3n) is 3.28. The Morgan fingerprint density at radius 3 is 2.08 bits per heavy atom. The van der Waals surface area contributed by atoms with Gasteiger partial charge in [-0.15, -0.1) is 0 Å². The van der Waals surface area contributed by atoms with Crippen molar-refractivity contribution in [2.24, 2.45) is 11.8 Å². The highest BCUT2D eigenvalue weighted by atomic mass is 28.4. The van der Waals surface area contributed by atoms with Gasteiger partial charge in [0.15, 0.2) is 8.32 Å². The van der Waals surface area contributed by atoms with Crippen LogP contribution in [0.3, 0.4) is 0 Å². The molecule has 2 saturated carbocycles. The second-order valence-corrected chi connectivity index (χ2v) is 9.81. The van der Waals surface area contributed by atoms with Crippen molar-refractivity contribution in [3.05, 3.63) is 0 Å². The summed E-state index contributed by atoms with van der Waals surface area (Å²) in [5.41, 5.74) is 0. The van der Waals surface area contributed by atoms with Crippen molar-refractivity contribution in [1.29, 1.82) is 0 Å². The van der Waals surface area contributed by atoms with Gasteiger partial charge in [0.05, 0.1) is 0 Å². The first-order valence-electron chi connectivity index (χ1n) is 5.24. The van der Waals surface area contributed by atoms with E-state index < -0.39 is 8.32 Å². The van der Waals surface area contributed by atoms with Crippen LogP contribution in [-0.2, 0) is 4.43 Å². The largest absolute Gasteiger partial charge is 0.414 e. The first-order valence-corrected chi connectivity index (χ1v) is 8.65. The first-order chi connectivity index (χ1) is 5.56. The molecule has 0 N–H and O–H groups in total. The summed E-state index contributed by atoms with van der Waals surface area (Å²) in [6.45, 7) is 6.91. The van der Waals surface area contributed by atoms with E-state index in [1.807, 2.05) is 0 Å². The monoisotopic (exact) mass is 184 g/mol. The molecular formula is C10H20OSi. The summed E-state index contributed by atoms with van der Waals surface area (Å²) in [5, 5.41) is 0. The SMILES string of the molecule is C[Si](C)(C)OC1CCC2CCC21. The van der Waals surface area contributed by atoms with Gasteiger partial charge in [0.2, 0.25) is 0 Å². The summed E-state index contributed by atoms with van der Waals surface area (Å²) < 4.78 is 6.17. The van der Waals surface area contributed by atoms with Crippen LogP contribution in [0.1, 0.15) is 25.7 Å². The second-order valence-electron chi connectivity index (χ2n) is 5.35. The van der Waals surface area contributed by atoms with Crippen LogP contribution in [0.5, 0.6) is 0 Å². The smallest absolute Gasteiger partial charge is 0.184 e. The molecule has 0 aliphatic heterocycles. The van der Waals surface area contributed by atoms with E-state index in [9.17, 15) is 0 Å². The van der Waals surface area contributed by atoms with E-state index >= 15 is 0 Å². The maximum Gasteiger partial charge on any atom is 0.184 e. The molecule has 70 valence electrons. The van der Waals surface area contributed by atoms with Crippen LogP contribution in [0.2, 0.25) is 19.6 Å². The van der Waals surface area contributed by atoms with Gasteiger partial charge in [0, 0.05) is 6.10 Å². The Morgan fingerprint density at radius 2 is 1.67 bits per heavy atom. The Balaban J connectivity index is 1.89. The number of rotatable bonds is 2. The average Bonchev–Trinajstić information content (AvgIpc) is 2.02. The molecule has 3 unspecified atom stereocenters. The van der Waals surface area contributed by atoms with Gasteiger partial charge in [-0.2, -0.15) is 0 Å². The normalized spacial score (nSPS) is 40.8. The summed E-state index contributed by atoms with van der Waals surface area (Å²) in [6, 6.07) is 0. The summed E-state index contributed by atoms with van der Waals surface area (Å²) >= 11 is 0. The Labute approximate surface area is 76.6 Å². The van der Waals surface area contributed by atoms with E-state index in [0.717, 1.165) is 11.8 Å². The lowest BCUT2D eigenvalue weighted by molar-refractivity contribution is 0.0805. The molecule has 1 nitrogen and oxygen atoms in total. The molecule has 0 aromatic rings. The molecule has 2 aliphatic carbocycles. The summed E-state index contributed by atoms with van der Waals surface area (Å²) in [7, 11) is -1.26. The zero-order chi connectivity index (χ0) is 8.77. The molecule has 2 rings (SSSR count). The van der Waals surface area contributed by atoms with E-state index in [1.165, 1.54) is 25.7 Å². The lowest BCUT2D eigenvalue weighted by Gasteiger charge is -2.36. The van der Waals surface area contributed by atoms with Crippen molar-refractivity contribution in [2.45, 2.75) is 51.4 Å². The van der Waals surface area contributed by atoms with Gasteiger partial charge in [0.25, 0.3) is 0 Å². The molecule has 0 aromatic heterocycles. The molecule has 0 radical (unpaired) electrons. The molecule has 3 atom stereocenters. The van der Waals surface area contributed by atoms with Crippen molar-refractivity contribution in [3.8, 4) is 0 Å². The zero-order valence-electron chi connectivity index (χ0n) is 8.47. The standard InChI is InChI=1S/C10H20OSi/c1-12(2,3)11-10-7-5-8-4-6-9(8)10/h8-10H,4-7H2,1-3H3. The molecule has 0 bridgehead atoms. The fourth-order valence-electron chi connectivity index (χ4n) is 2.64. The average molecular weight is 184 g/mol. The molecule has 2 heteroatoms. The highest BCUT2D eigenvalue weighted by Gasteiger charge is 2.43. The van der Waals surface area contributed by atoms with Crippen LogP contribution in [0.25, 0.3) is 0 Å². The first kappa shape index (κ1) is 8.76. The van der Waals surface area contributed by atoms with Crippen LogP contribution in [0.15, 0.2) is 0 Å². The third-order valence-corrected chi connectivity index (χ3v) is 4.29. The van der Waals surface area contributed by atoms with E-state index in [4.69, 9.17) is 4.43 Å². The Morgan fingerprint density at radius 1 is 1.00 bits per heavy atom. The van der Waals surface area contributed by atoms with Gasteiger partial charge in [-0.3, -0.25) is 0 Å². The maximum absolute atomic E-state index is 6.17. The molecule has 12 heavy (non-hydrogen) atoms. The van der Waals surface area contributed by atoms with Crippen molar-refractivity contribution in [3.63, 3.8) is 0 Å². The van der Waals surface area contributed by atoms with Crippen LogP contribution in [0.4, 0.5) is 0 Å². The van der Waals surface area contributed by atoms with Gasteiger partial charge in [-0.1, -0.05) is 0 Å². The molecule has 0 saturated heterocycles. The van der Waals surface area contributed by atoms with Crippen LogP contribution in [0, 0.1) is 11.8 Å². The second kappa shape index (κ2) is 2.84. The molecule has 2 fully saturated rings. The number of fused-ring (bicyclic) bond motifs is 1. The van der Waals surface area contributed by atoms with Gasteiger partial charge in [-0.05, 0) is 57.2 Å². The quantitative estimate of drug-likeness (QED) is 0.599. The zero-order valence-corrected chi connectivity index (χ0v) is 9.47. The minimum absolute atomic E-state index is 0.649. The lowest BCUT2D eigenvalue weighted by atomic mass is 9.76. The minimum atomic E-state index is -1.26. The van der Waals surface area contributed by atoms with Crippen LogP contribution >= 0.6 is 0 Å². The third kappa shape index (κ3) is 1.60.